The zero-order valence-corrected chi connectivity index (χ0v) is 19.1. The summed E-state index contributed by atoms with van der Waals surface area (Å²) in [5.41, 5.74) is 11.7. The zero-order chi connectivity index (χ0) is 21.4. The average molecular weight is 410 g/mol. The first-order valence-corrected chi connectivity index (χ1v) is 12.6. The van der Waals surface area contributed by atoms with Crippen molar-refractivity contribution in [3.63, 3.8) is 0 Å². The summed E-state index contributed by atoms with van der Waals surface area (Å²) in [6.45, 7) is 0.810. The molecule has 0 saturated heterocycles. The summed E-state index contributed by atoms with van der Waals surface area (Å²) in [4.78, 5) is 20.9. The van der Waals surface area contributed by atoms with Crippen molar-refractivity contribution < 1.29 is 9.59 Å². The van der Waals surface area contributed by atoms with E-state index in [2.05, 4.69) is 0 Å². The molecule has 1 radical (unpaired) electrons. The molecule has 0 saturated carbocycles. The number of ketones is 1. The summed E-state index contributed by atoms with van der Waals surface area (Å²) in [5, 5.41) is 0. The van der Waals surface area contributed by atoms with Crippen LogP contribution in [0.5, 0.6) is 0 Å². The first kappa shape index (κ1) is 28.3. The van der Waals surface area contributed by atoms with E-state index in [0.717, 1.165) is 25.8 Å². The summed E-state index contributed by atoms with van der Waals surface area (Å²) in [7, 11) is 0. The Hall–Kier alpha value is -0.740. The Morgan fingerprint density at radius 1 is 0.586 bits per heavy atom. The third-order valence-electron chi connectivity index (χ3n) is 5.87. The smallest absolute Gasteiger partial charge is 0.272 e. The van der Waals surface area contributed by atoms with Gasteiger partial charge in [-0.15, -0.1) is 0 Å². The van der Waals surface area contributed by atoms with Crippen molar-refractivity contribution >= 4 is 12.1 Å². The Balaban J connectivity index is 3.11. The Kier molecular flexibility index (Phi) is 22.9. The van der Waals surface area contributed by atoms with E-state index in [-0.39, 0.29) is 5.78 Å². The van der Waals surface area contributed by atoms with Crippen LogP contribution >= 0.6 is 0 Å². The van der Waals surface area contributed by atoms with Crippen LogP contribution in [0.1, 0.15) is 135 Å². The minimum absolute atomic E-state index is 0.376. The molecule has 4 nitrogen and oxygen atoms in total. The van der Waals surface area contributed by atoms with Gasteiger partial charge in [-0.2, -0.15) is 0 Å². The topological polar surface area (TPSA) is 86.2 Å². The first-order chi connectivity index (χ1) is 14.2. The van der Waals surface area contributed by atoms with E-state index in [1.54, 1.807) is 0 Å². The van der Waals surface area contributed by atoms with Crippen LogP contribution in [0.2, 0.25) is 0 Å². The van der Waals surface area contributed by atoms with Gasteiger partial charge in [0, 0.05) is 12.5 Å². The summed E-state index contributed by atoms with van der Waals surface area (Å²) < 4.78 is 0. The lowest BCUT2D eigenvalue weighted by atomic mass is 10.0. The summed E-state index contributed by atoms with van der Waals surface area (Å²) in [5.74, 6) is -0.376. The molecule has 0 amide bonds. The van der Waals surface area contributed by atoms with Crippen molar-refractivity contribution in [2.75, 3.05) is 6.54 Å². The van der Waals surface area contributed by atoms with Gasteiger partial charge in [0.25, 0.3) is 6.29 Å². The van der Waals surface area contributed by atoms with Crippen molar-refractivity contribution in [3.8, 4) is 0 Å². The van der Waals surface area contributed by atoms with Gasteiger partial charge in [0.05, 0.1) is 0 Å². The van der Waals surface area contributed by atoms with E-state index in [4.69, 9.17) is 11.5 Å². The van der Waals surface area contributed by atoms with Crippen molar-refractivity contribution in [1.82, 2.24) is 0 Å². The number of hydrogen-bond acceptors (Lipinski definition) is 4. The zero-order valence-electron chi connectivity index (χ0n) is 19.1. The van der Waals surface area contributed by atoms with Crippen molar-refractivity contribution in [3.05, 3.63) is 0 Å². The highest BCUT2D eigenvalue weighted by Crippen LogP contribution is 2.15. The van der Waals surface area contributed by atoms with Gasteiger partial charge in [-0.3, -0.25) is 9.59 Å². The Morgan fingerprint density at radius 3 is 1.31 bits per heavy atom. The highest BCUT2D eigenvalue weighted by atomic mass is 16.2. The molecule has 0 bridgehead atoms. The lowest BCUT2D eigenvalue weighted by Crippen LogP contribution is -2.19. The van der Waals surface area contributed by atoms with Gasteiger partial charge < -0.3 is 11.5 Å². The molecule has 0 rings (SSSR count). The van der Waals surface area contributed by atoms with Crippen molar-refractivity contribution in [1.29, 1.82) is 0 Å². The minimum Gasteiger partial charge on any atom is -0.330 e. The second-order valence-corrected chi connectivity index (χ2v) is 8.77. The second-order valence-electron chi connectivity index (χ2n) is 8.77. The fourth-order valence-electron chi connectivity index (χ4n) is 3.91. The Bertz CT molecular complexity index is 361. The maximum Gasteiger partial charge on any atom is 0.272 e. The van der Waals surface area contributed by atoms with Crippen LogP contribution in [0.15, 0.2) is 0 Å². The number of rotatable bonds is 24. The van der Waals surface area contributed by atoms with Gasteiger partial charge in [-0.25, -0.2) is 0 Å². The molecule has 0 aromatic rings. The van der Waals surface area contributed by atoms with Gasteiger partial charge in [0.15, 0.2) is 0 Å². The fourth-order valence-corrected chi connectivity index (χ4v) is 3.91. The SMILES string of the molecule is NCCCCCC(N)CCCCCCCCCCCCCCCCCC(=O)[C]=O. The van der Waals surface area contributed by atoms with Gasteiger partial charge in [-0.1, -0.05) is 103 Å². The lowest BCUT2D eigenvalue weighted by Gasteiger charge is -2.11. The minimum atomic E-state index is -0.376. The molecule has 0 aromatic carbocycles. The van der Waals surface area contributed by atoms with E-state index >= 15 is 0 Å². The first-order valence-electron chi connectivity index (χ1n) is 12.6. The second kappa shape index (κ2) is 23.5. The quantitative estimate of drug-likeness (QED) is 0.148. The Labute approximate surface area is 181 Å². The van der Waals surface area contributed by atoms with Crippen LogP contribution in [0.3, 0.4) is 0 Å². The van der Waals surface area contributed by atoms with Gasteiger partial charge in [-0.05, 0) is 32.2 Å². The molecule has 4 N–H and O–H groups in total. The number of nitrogens with two attached hydrogens (primary N) is 2. The number of carbonyl (C=O) groups is 1. The van der Waals surface area contributed by atoms with Crippen molar-refractivity contribution in [2.45, 2.75) is 141 Å². The average Bonchev–Trinajstić information content (AvgIpc) is 2.73. The number of hydrogen-bond donors (Lipinski definition) is 2. The standard InChI is InChI=1S/C25H49N2O2/c26-22-18-14-16-20-24(27)19-15-12-10-8-6-4-2-1-3-5-7-9-11-13-17-21-25(29)23-28/h24H,1-22,26-27H2. The van der Waals surface area contributed by atoms with Crippen LogP contribution in [0.4, 0.5) is 0 Å². The molecule has 0 aliphatic rings. The van der Waals surface area contributed by atoms with Crippen LogP contribution in [0.25, 0.3) is 0 Å². The largest absolute Gasteiger partial charge is 0.330 e. The molecule has 1 unspecified atom stereocenters. The van der Waals surface area contributed by atoms with E-state index < -0.39 is 0 Å². The number of unbranched alkanes of at least 4 members (excludes halogenated alkanes) is 16. The molecule has 0 aromatic heterocycles. The lowest BCUT2D eigenvalue weighted by molar-refractivity contribution is -0.113. The fraction of sp³-hybridized carbons (Fsp3) is 0.920. The van der Waals surface area contributed by atoms with Gasteiger partial charge in [0.1, 0.15) is 0 Å². The molecule has 0 spiro atoms. The third-order valence-corrected chi connectivity index (χ3v) is 5.87. The molecule has 171 valence electrons. The molecule has 0 heterocycles. The van der Waals surface area contributed by atoms with Gasteiger partial charge >= 0.3 is 0 Å². The molecular weight excluding hydrogens is 360 g/mol. The van der Waals surface area contributed by atoms with E-state index in [1.807, 2.05) is 0 Å². The summed E-state index contributed by atoms with van der Waals surface area (Å²) in [6, 6.07) is 0.401. The number of Topliss-reactive ketones (excluding diaryl/α,β-unsaturated/α-hetero) is 1. The highest BCUT2D eigenvalue weighted by Gasteiger charge is 2.02. The molecule has 0 aliphatic carbocycles. The van der Waals surface area contributed by atoms with Crippen LogP contribution < -0.4 is 11.5 Å². The van der Waals surface area contributed by atoms with E-state index in [9.17, 15) is 9.59 Å². The van der Waals surface area contributed by atoms with Crippen LogP contribution in [-0.2, 0) is 9.59 Å². The van der Waals surface area contributed by atoms with Crippen LogP contribution in [-0.4, -0.2) is 24.7 Å². The molecule has 29 heavy (non-hydrogen) atoms. The predicted octanol–water partition coefficient (Wildman–Crippen LogP) is 6.14. The third kappa shape index (κ3) is 23.4. The van der Waals surface area contributed by atoms with Crippen molar-refractivity contribution in [2.24, 2.45) is 11.5 Å². The monoisotopic (exact) mass is 409 g/mol. The molecular formula is C25H49N2O2. The predicted molar refractivity (Wildman–Crippen MR) is 125 cm³/mol. The van der Waals surface area contributed by atoms with Gasteiger partial charge in [0.2, 0.25) is 5.78 Å². The molecule has 0 fully saturated rings. The number of carbonyl (C=O) groups excluding carboxylic acids is 2. The summed E-state index contributed by atoms with van der Waals surface area (Å²) in [6.07, 6.45) is 27.1. The molecule has 4 heteroatoms. The molecule has 0 aliphatic heterocycles. The highest BCUT2D eigenvalue weighted by molar-refractivity contribution is 6.25. The summed E-state index contributed by atoms with van der Waals surface area (Å²) >= 11 is 0. The maximum absolute atomic E-state index is 10.8. The van der Waals surface area contributed by atoms with Crippen LogP contribution in [0, 0.1) is 0 Å². The Morgan fingerprint density at radius 2 is 0.931 bits per heavy atom. The molecule has 1 atom stereocenters. The van der Waals surface area contributed by atoms with E-state index in [0.29, 0.717) is 12.5 Å². The maximum atomic E-state index is 10.8. The normalized spacial score (nSPS) is 12.2. The van der Waals surface area contributed by atoms with E-state index in [1.165, 1.54) is 115 Å².